The standard InChI is InChI=1S/C12H10BrClIN/c1-2-3-8(7-16)12(14)10-6-9(15)4-5-11(10)13/h4-6H,2-3H2,1H3/b12-8-. The van der Waals surface area contributed by atoms with Gasteiger partial charge >= 0.3 is 0 Å². The lowest BCUT2D eigenvalue weighted by Gasteiger charge is -2.06. The lowest BCUT2D eigenvalue weighted by Crippen LogP contribution is -1.88. The summed E-state index contributed by atoms with van der Waals surface area (Å²) in [7, 11) is 0. The maximum Gasteiger partial charge on any atom is 0.0962 e. The summed E-state index contributed by atoms with van der Waals surface area (Å²) in [5.41, 5.74) is 1.53. The van der Waals surface area contributed by atoms with Crippen molar-refractivity contribution in [3.63, 3.8) is 0 Å². The molecule has 1 aromatic rings. The zero-order valence-electron chi connectivity index (χ0n) is 8.73. The van der Waals surface area contributed by atoms with E-state index >= 15 is 0 Å². The van der Waals surface area contributed by atoms with Crippen molar-refractivity contribution < 1.29 is 0 Å². The summed E-state index contributed by atoms with van der Waals surface area (Å²) in [6.45, 7) is 2.03. The molecule has 84 valence electrons. The van der Waals surface area contributed by atoms with Crippen LogP contribution in [0.5, 0.6) is 0 Å². The van der Waals surface area contributed by atoms with Gasteiger partial charge in [0, 0.05) is 19.2 Å². The van der Waals surface area contributed by atoms with Gasteiger partial charge in [-0.05, 0) is 47.2 Å². The van der Waals surface area contributed by atoms with Crippen molar-refractivity contribution in [1.82, 2.24) is 0 Å². The number of nitriles is 1. The summed E-state index contributed by atoms with van der Waals surface area (Å²) in [5, 5.41) is 9.59. The third kappa shape index (κ3) is 3.47. The average Bonchev–Trinajstić information content (AvgIpc) is 2.28. The van der Waals surface area contributed by atoms with Crippen molar-refractivity contribution in [2.45, 2.75) is 19.8 Å². The Kier molecular flexibility index (Phi) is 5.81. The Morgan fingerprint density at radius 1 is 1.56 bits per heavy atom. The van der Waals surface area contributed by atoms with Gasteiger partial charge in [0.05, 0.1) is 11.1 Å². The van der Waals surface area contributed by atoms with Gasteiger partial charge in [-0.1, -0.05) is 40.9 Å². The maximum absolute atomic E-state index is 9.04. The highest BCUT2D eigenvalue weighted by atomic mass is 127. The van der Waals surface area contributed by atoms with E-state index in [0.717, 1.165) is 20.0 Å². The molecule has 0 unspecified atom stereocenters. The summed E-state index contributed by atoms with van der Waals surface area (Å²) < 4.78 is 2.02. The topological polar surface area (TPSA) is 23.8 Å². The molecule has 1 aromatic carbocycles. The lowest BCUT2D eigenvalue weighted by molar-refractivity contribution is 0.933. The van der Waals surface area contributed by atoms with Crippen molar-refractivity contribution in [2.24, 2.45) is 0 Å². The van der Waals surface area contributed by atoms with Crippen LogP contribution in [0.1, 0.15) is 25.3 Å². The Morgan fingerprint density at radius 2 is 2.25 bits per heavy atom. The minimum atomic E-state index is 0.551. The van der Waals surface area contributed by atoms with Gasteiger partial charge in [0.2, 0.25) is 0 Å². The van der Waals surface area contributed by atoms with E-state index in [0.29, 0.717) is 17.0 Å². The Balaban J connectivity index is 3.27. The van der Waals surface area contributed by atoms with Crippen LogP contribution >= 0.6 is 50.1 Å². The summed E-state index contributed by atoms with van der Waals surface area (Å²) in [5.74, 6) is 0. The molecule has 16 heavy (non-hydrogen) atoms. The third-order valence-electron chi connectivity index (χ3n) is 2.06. The number of nitrogens with zero attached hydrogens (tertiary/aromatic N) is 1. The van der Waals surface area contributed by atoms with Crippen LogP contribution in [0, 0.1) is 14.9 Å². The minimum Gasteiger partial charge on any atom is -0.193 e. The molecule has 0 radical (unpaired) electrons. The Bertz CT molecular complexity index is 463. The molecule has 0 aliphatic carbocycles. The Morgan fingerprint density at radius 3 is 2.81 bits per heavy atom. The second-order valence-electron chi connectivity index (χ2n) is 3.28. The van der Waals surface area contributed by atoms with Crippen molar-refractivity contribution in [2.75, 3.05) is 0 Å². The van der Waals surface area contributed by atoms with E-state index in [2.05, 4.69) is 44.6 Å². The molecular formula is C12H10BrClIN. The number of halogens is 3. The van der Waals surface area contributed by atoms with Crippen molar-refractivity contribution in [3.05, 3.63) is 37.4 Å². The smallest absolute Gasteiger partial charge is 0.0962 e. The van der Waals surface area contributed by atoms with E-state index in [-0.39, 0.29) is 0 Å². The SMILES string of the molecule is CCC/C(C#N)=C(/Cl)c1cc(I)ccc1Br. The predicted octanol–water partition coefficient (Wildman–Crippen LogP) is 5.33. The van der Waals surface area contributed by atoms with Crippen LogP contribution in [0.3, 0.4) is 0 Å². The molecule has 0 saturated heterocycles. The monoisotopic (exact) mass is 409 g/mol. The predicted molar refractivity (Wildman–Crippen MR) is 80.2 cm³/mol. The molecule has 0 fully saturated rings. The summed E-state index contributed by atoms with van der Waals surface area (Å²) in [6.07, 6.45) is 1.63. The molecule has 0 aliphatic heterocycles. The van der Waals surface area contributed by atoms with Gasteiger partial charge in [0.1, 0.15) is 0 Å². The van der Waals surface area contributed by atoms with E-state index in [1.54, 1.807) is 0 Å². The molecule has 0 N–H and O–H groups in total. The summed E-state index contributed by atoms with van der Waals surface area (Å²) >= 11 is 11.9. The minimum absolute atomic E-state index is 0.551. The Labute approximate surface area is 123 Å². The zero-order valence-corrected chi connectivity index (χ0v) is 13.2. The van der Waals surface area contributed by atoms with Gasteiger partial charge < -0.3 is 0 Å². The molecule has 4 heteroatoms. The average molecular weight is 410 g/mol. The first-order chi connectivity index (χ1) is 7.60. The summed E-state index contributed by atoms with van der Waals surface area (Å²) in [4.78, 5) is 0. The fraction of sp³-hybridized carbons (Fsp3) is 0.250. The molecule has 0 heterocycles. The number of hydrogen-bond acceptors (Lipinski definition) is 1. The first-order valence-corrected chi connectivity index (χ1v) is 7.09. The zero-order chi connectivity index (χ0) is 12.1. The number of benzene rings is 1. The molecule has 0 saturated carbocycles. The highest BCUT2D eigenvalue weighted by Gasteiger charge is 2.10. The summed E-state index contributed by atoms with van der Waals surface area (Å²) in [6, 6.07) is 8.08. The Hall–Kier alpha value is -0.0500. The molecule has 1 rings (SSSR count). The van der Waals surface area contributed by atoms with E-state index < -0.39 is 0 Å². The number of rotatable bonds is 3. The van der Waals surface area contributed by atoms with Crippen LogP contribution in [-0.4, -0.2) is 0 Å². The highest BCUT2D eigenvalue weighted by molar-refractivity contribution is 14.1. The van der Waals surface area contributed by atoms with E-state index in [1.165, 1.54) is 0 Å². The fourth-order valence-electron chi connectivity index (χ4n) is 1.29. The van der Waals surface area contributed by atoms with Crippen molar-refractivity contribution in [3.8, 4) is 6.07 Å². The maximum atomic E-state index is 9.04. The highest BCUT2D eigenvalue weighted by Crippen LogP contribution is 2.32. The fourth-order valence-corrected chi connectivity index (χ4v) is 2.64. The number of allylic oxidation sites excluding steroid dienone is 1. The molecule has 0 aromatic heterocycles. The van der Waals surface area contributed by atoms with Crippen LogP contribution in [0.4, 0.5) is 0 Å². The third-order valence-corrected chi connectivity index (χ3v) is 3.86. The van der Waals surface area contributed by atoms with Crippen LogP contribution in [-0.2, 0) is 0 Å². The molecule has 0 aliphatic rings. The lowest BCUT2D eigenvalue weighted by atomic mass is 10.1. The molecule has 1 nitrogen and oxygen atoms in total. The molecule has 0 amide bonds. The van der Waals surface area contributed by atoms with Gasteiger partial charge in [0.15, 0.2) is 0 Å². The first-order valence-electron chi connectivity index (χ1n) is 4.84. The normalized spacial score (nSPS) is 11.9. The van der Waals surface area contributed by atoms with Crippen LogP contribution < -0.4 is 0 Å². The van der Waals surface area contributed by atoms with Gasteiger partial charge in [-0.25, -0.2) is 0 Å². The van der Waals surface area contributed by atoms with Gasteiger partial charge in [-0.3, -0.25) is 0 Å². The van der Waals surface area contributed by atoms with Crippen molar-refractivity contribution >= 4 is 55.2 Å². The molecule has 0 atom stereocenters. The van der Waals surface area contributed by atoms with E-state index in [9.17, 15) is 0 Å². The van der Waals surface area contributed by atoms with Crippen LogP contribution in [0.2, 0.25) is 0 Å². The second kappa shape index (κ2) is 6.63. The largest absolute Gasteiger partial charge is 0.193 e. The van der Waals surface area contributed by atoms with Gasteiger partial charge in [0.25, 0.3) is 0 Å². The second-order valence-corrected chi connectivity index (χ2v) is 5.76. The van der Waals surface area contributed by atoms with Crippen LogP contribution in [0.25, 0.3) is 5.03 Å². The van der Waals surface area contributed by atoms with Gasteiger partial charge in [-0.2, -0.15) is 5.26 Å². The number of hydrogen-bond donors (Lipinski definition) is 0. The molecule has 0 bridgehead atoms. The van der Waals surface area contributed by atoms with E-state index in [4.69, 9.17) is 16.9 Å². The van der Waals surface area contributed by atoms with Crippen molar-refractivity contribution in [1.29, 1.82) is 5.26 Å². The quantitative estimate of drug-likeness (QED) is 0.488. The first kappa shape index (κ1) is 14.0. The van der Waals surface area contributed by atoms with Crippen LogP contribution in [0.15, 0.2) is 28.2 Å². The molecule has 0 spiro atoms. The van der Waals surface area contributed by atoms with E-state index in [1.807, 2.05) is 25.1 Å². The van der Waals surface area contributed by atoms with Gasteiger partial charge in [-0.15, -0.1) is 0 Å². The molecular weight excluding hydrogens is 400 g/mol.